The van der Waals surface area contributed by atoms with Crippen LogP contribution in [0.3, 0.4) is 0 Å². The number of aryl methyl sites for hydroxylation is 1. The zero-order valence-electron chi connectivity index (χ0n) is 14.4. The summed E-state index contributed by atoms with van der Waals surface area (Å²) in [6.45, 7) is 3.54. The average molecular weight is 347 g/mol. The molecule has 130 valence electrons. The first-order valence-corrected chi connectivity index (χ1v) is 8.30. The third kappa shape index (κ3) is 2.97. The molecular formula is C20H17N3O3. The first-order chi connectivity index (χ1) is 12.6. The van der Waals surface area contributed by atoms with Gasteiger partial charge < -0.3 is 14.2 Å². The number of hydrogen-bond acceptors (Lipinski definition) is 5. The van der Waals surface area contributed by atoms with E-state index in [1.54, 1.807) is 13.0 Å². The van der Waals surface area contributed by atoms with Crippen molar-refractivity contribution >= 4 is 22.6 Å². The topological polar surface area (TPSA) is 81.2 Å². The van der Waals surface area contributed by atoms with Gasteiger partial charge in [-0.1, -0.05) is 30.3 Å². The first kappa shape index (κ1) is 16.1. The molecule has 0 radical (unpaired) electrons. The van der Waals surface area contributed by atoms with Gasteiger partial charge in [-0.25, -0.2) is 0 Å². The second kappa shape index (κ2) is 6.48. The lowest BCUT2D eigenvalue weighted by atomic mass is 10.1. The van der Waals surface area contributed by atoms with Crippen LogP contribution in [0, 0.1) is 6.92 Å². The van der Waals surface area contributed by atoms with Crippen LogP contribution in [0.1, 0.15) is 24.5 Å². The lowest BCUT2D eigenvalue weighted by Gasteiger charge is -2.12. The van der Waals surface area contributed by atoms with Gasteiger partial charge >= 0.3 is 0 Å². The van der Waals surface area contributed by atoms with E-state index in [2.05, 4.69) is 15.5 Å². The van der Waals surface area contributed by atoms with Crippen molar-refractivity contribution in [2.45, 2.75) is 19.8 Å². The zero-order valence-corrected chi connectivity index (χ0v) is 14.4. The number of amides is 1. The summed E-state index contributed by atoms with van der Waals surface area (Å²) >= 11 is 0. The van der Waals surface area contributed by atoms with Crippen LogP contribution in [0.2, 0.25) is 0 Å². The Labute approximate surface area is 149 Å². The summed E-state index contributed by atoms with van der Waals surface area (Å²) in [6.07, 6.45) is 0. The number of hydrogen-bond donors (Lipinski definition) is 1. The van der Waals surface area contributed by atoms with Gasteiger partial charge in [-0.3, -0.25) is 4.79 Å². The molecule has 1 atom stereocenters. The van der Waals surface area contributed by atoms with Crippen LogP contribution in [-0.2, 0) is 4.79 Å². The molecule has 0 saturated carbocycles. The Kier molecular flexibility index (Phi) is 4.01. The van der Waals surface area contributed by atoms with E-state index in [-0.39, 0.29) is 5.91 Å². The Hall–Kier alpha value is -3.41. The Bertz CT molecular complexity index is 1050. The van der Waals surface area contributed by atoms with Crippen LogP contribution in [0.15, 0.2) is 63.4 Å². The molecule has 0 spiro atoms. The fourth-order valence-electron chi connectivity index (χ4n) is 2.77. The molecule has 0 aliphatic rings. The van der Waals surface area contributed by atoms with Crippen LogP contribution in [-0.4, -0.2) is 16.1 Å². The number of rotatable bonds is 4. The van der Waals surface area contributed by atoms with Crippen LogP contribution in [0.5, 0.6) is 0 Å². The van der Waals surface area contributed by atoms with Gasteiger partial charge in [0.15, 0.2) is 0 Å². The second-order valence-electron chi connectivity index (χ2n) is 6.07. The third-order valence-corrected chi connectivity index (χ3v) is 4.21. The van der Waals surface area contributed by atoms with Gasteiger partial charge in [0.05, 0.1) is 17.2 Å². The minimum atomic E-state index is -0.445. The van der Waals surface area contributed by atoms with Gasteiger partial charge in [0.1, 0.15) is 11.3 Å². The molecule has 0 unspecified atom stereocenters. The fourth-order valence-corrected chi connectivity index (χ4v) is 2.77. The maximum Gasteiger partial charge on any atom is 0.249 e. The molecule has 0 fully saturated rings. The summed E-state index contributed by atoms with van der Waals surface area (Å²) < 4.78 is 11.3. The molecule has 26 heavy (non-hydrogen) atoms. The van der Waals surface area contributed by atoms with Crippen LogP contribution in [0.4, 0.5) is 5.69 Å². The van der Waals surface area contributed by atoms with E-state index in [1.807, 2.05) is 55.5 Å². The molecule has 4 aromatic rings. The smallest absolute Gasteiger partial charge is 0.249 e. The average Bonchev–Trinajstić information content (AvgIpc) is 3.27. The largest absolute Gasteiger partial charge is 0.460 e. The van der Waals surface area contributed by atoms with Crippen LogP contribution < -0.4 is 5.32 Å². The van der Waals surface area contributed by atoms with Crippen LogP contribution in [0.25, 0.3) is 22.4 Å². The standard InChI is InChI=1S/C20H17N3O3/c1-12(18-11-14-7-3-6-10-17(14)26-18)19(24)21-16-9-5-4-8-15(16)20-23-22-13(2)25-20/h3-12H,1-2H3,(H,21,24)/t12-/m0/s1. The molecule has 4 rings (SSSR count). The van der Waals surface area contributed by atoms with Crippen molar-refractivity contribution in [2.75, 3.05) is 5.32 Å². The van der Waals surface area contributed by atoms with E-state index >= 15 is 0 Å². The molecule has 6 nitrogen and oxygen atoms in total. The van der Waals surface area contributed by atoms with Crippen molar-refractivity contribution in [2.24, 2.45) is 0 Å². The molecule has 2 aromatic carbocycles. The highest BCUT2D eigenvalue weighted by Gasteiger charge is 2.21. The molecule has 0 saturated heterocycles. The van der Waals surface area contributed by atoms with Gasteiger partial charge in [-0.05, 0) is 31.2 Å². The molecule has 6 heteroatoms. The highest BCUT2D eigenvalue weighted by molar-refractivity contribution is 5.98. The van der Waals surface area contributed by atoms with E-state index in [0.29, 0.717) is 28.8 Å². The zero-order chi connectivity index (χ0) is 18.1. The van der Waals surface area contributed by atoms with Crippen molar-refractivity contribution in [1.82, 2.24) is 10.2 Å². The number of carbonyl (C=O) groups excluding carboxylic acids is 1. The number of aromatic nitrogens is 2. The predicted octanol–water partition coefficient (Wildman–Crippen LogP) is 4.53. The summed E-state index contributed by atoms with van der Waals surface area (Å²) in [6, 6.07) is 16.9. The number of benzene rings is 2. The maximum atomic E-state index is 12.7. The molecule has 0 aliphatic carbocycles. The Morgan fingerprint density at radius 3 is 2.58 bits per heavy atom. The van der Waals surface area contributed by atoms with Crippen molar-refractivity contribution in [1.29, 1.82) is 0 Å². The number of nitrogens with zero attached hydrogens (tertiary/aromatic N) is 2. The van der Waals surface area contributed by atoms with E-state index in [1.165, 1.54) is 0 Å². The Balaban J connectivity index is 1.60. The van der Waals surface area contributed by atoms with Gasteiger partial charge in [0, 0.05) is 12.3 Å². The summed E-state index contributed by atoms with van der Waals surface area (Å²) in [7, 11) is 0. The van der Waals surface area contributed by atoms with Crippen molar-refractivity contribution in [3.63, 3.8) is 0 Å². The maximum absolute atomic E-state index is 12.7. The number of para-hydroxylation sites is 2. The summed E-state index contributed by atoms with van der Waals surface area (Å²) in [4.78, 5) is 12.7. The van der Waals surface area contributed by atoms with Crippen molar-refractivity contribution in [3.8, 4) is 11.5 Å². The van der Waals surface area contributed by atoms with Crippen molar-refractivity contribution < 1.29 is 13.6 Å². The van der Waals surface area contributed by atoms with E-state index in [9.17, 15) is 4.79 Å². The van der Waals surface area contributed by atoms with E-state index in [0.717, 1.165) is 11.0 Å². The van der Waals surface area contributed by atoms with Crippen molar-refractivity contribution in [3.05, 3.63) is 66.2 Å². The molecule has 1 N–H and O–H groups in total. The molecule has 2 aromatic heterocycles. The number of fused-ring (bicyclic) bond motifs is 1. The second-order valence-corrected chi connectivity index (χ2v) is 6.07. The van der Waals surface area contributed by atoms with Gasteiger partial charge in [0.2, 0.25) is 17.7 Å². The Morgan fingerprint density at radius 1 is 1.04 bits per heavy atom. The normalized spacial score (nSPS) is 12.2. The van der Waals surface area contributed by atoms with E-state index < -0.39 is 5.92 Å². The summed E-state index contributed by atoms with van der Waals surface area (Å²) in [5.74, 6) is 0.842. The molecule has 0 aliphatic heterocycles. The van der Waals surface area contributed by atoms with Crippen LogP contribution >= 0.6 is 0 Å². The number of furan rings is 1. The summed E-state index contributed by atoms with van der Waals surface area (Å²) in [5.41, 5.74) is 2.06. The minimum absolute atomic E-state index is 0.173. The highest BCUT2D eigenvalue weighted by Crippen LogP contribution is 2.29. The minimum Gasteiger partial charge on any atom is -0.460 e. The molecule has 2 heterocycles. The number of carbonyl (C=O) groups is 1. The third-order valence-electron chi connectivity index (χ3n) is 4.21. The number of anilines is 1. The first-order valence-electron chi connectivity index (χ1n) is 8.30. The highest BCUT2D eigenvalue weighted by atomic mass is 16.4. The lowest BCUT2D eigenvalue weighted by molar-refractivity contribution is -0.117. The van der Waals surface area contributed by atoms with Gasteiger partial charge in [0.25, 0.3) is 0 Å². The predicted molar refractivity (Wildman–Crippen MR) is 97.7 cm³/mol. The quantitative estimate of drug-likeness (QED) is 0.586. The molecule has 0 bridgehead atoms. The summed E-state index contributed by atoms with van der Waals surface area (Å²) in [5, 5.41) is 11.8. The van der Waals surface area contributed by atoms with E-state index in [4.69, 9.17) is 8.83 Å². The molecular weight excluding hydrogens is 330 g/mol. The fraction of sp³-hybridized carbons (Fsp3) is 0.150. The van der Waals surface area contributed by atoms with Gasteiger partial charge in [-0.2, -0.15) is 0 Å². The lowest BCUT2D eigenvalue weighted by Crippen LogP contribution is -2.18. The number of nitrogens with one attached hydrogen (secondary N) is 1. The Morgan fingerprint density at radius 2 is 1.81 bits per heavy atom. The van der Waals surface area contributed by atoms with Gasteiger partial charge in [-0.15, -0.1) is 10.2 Å². The SMILES string of the molecule is Cc1nnc(-c2ccccc2NC(=O)[C@@H](C)c2cc3ccccc3o2)o1. The molecule has 1 amide bonds. The monoisotopic (exact) mass is 347 g/mol.